The van der Waals surface area contributed by atoms with Gasteiger partial charge in [-0.05, 0) is 42.8 Å². The second kappa shape index (κ2) is 4.60. The van der Waals surface area contributed by atoms with E-state index in [2.05, 4.69) is 52.2 Å². The summed E-state index contributed by atoms with van der Waals surface area (Å²) >= 11 is 0. The number of benzene rings is 1. The molecular weight excluding hydrogens is 246 g/mol. The minimum atomic E-state index is 0.703. The lowest BCUT2D eigenvalue weighted by atomic mass is 10.1. The maximum absolute atomic E-state index is 4.18. The molecule has 0 spiro atoms. The van der Waals surface area contributed by atoms with Crippen LogP contribution in [0.1, 0.15) is 6.42 Å². The van der Waals surface area contributed by atoms with Crippen molar-refractivity contribution in [1.29, 1.82) is 0 Å². The zero-order valence-electron chi connectivity index (χ0n) is 11.7. The fourth-order valence-electron chi connectivity index (χ4n) is 3.56. The van der Waals surface area contributed by atoms with E-state index in [1.54, 1.807) is 0 Å². The molecule has 2 fully saturated rings. The van der Waals surface area contributed by atoms with Gasteiger partial charge < -0.3 is 4.90 Å². The number of hydrogen-bond acceptors (Lipinski definition) is 3. The molecule has 0 unspecified atom stereocenters. The largest absolute Gasteiger partial charge is 0.366 e. The van der Waals surface area contributed by atoms with Crippen molar-refractivity contribution in [3.05, 3.63) is 48.8 Å². The molecule has 3 heterocycles. The number of fused-ring (bicyclic) bond motifs is 2. The second-order valence-electron chi connectivity index (χ2n) is 5.92. The van der Waals surface area contributed by atoms with E-state index in [0.717, 1.165) is 6.04 Å². The standard InChI is InChI=1S/C17H19N3/c1-19-11-17-9-16(19)12-20(17)15-6-4-13(5-7-15)14-3-2-8-18-10-14/h2-8,10,16-17H,9,11-12H2,1H3/t16-,17-/m0/s1. The van der Waals surface area contributed by atoms with E-state index in [1.807, 2.05) is 18.5 Å². The molecule has 0 radical (unpaired) electrons. The summed E-state index contributed by atoms with van der Waals surface area (Å²) in [5.74, 6) is 0. The first kappa shape index (κ1) is 11.9. The van der Waals surface area contributed by atoms with Crippen LogP contribution in [-0.4, -0.2) is 42.1 Å². The number of anilines is 1. The quantitative estimate of drug-likeness (QED) is 0.832. The molecular formula is C17H19N3. The lowest BCUT2D eigenvalue weighted by Gasteiger charge is -2.33. The van der Waals surface area contributed by atoms with Gasteiger partial charge >= 0.3 is 0 Å². The number of nitrogens with zero attached hydrogens (tertiary/aromatic N) is 3. The molecule has 2 saturated heterocycles. The monoisotopic (exact) mass is 265 g/mol. The van der Waals surface area contributed by atoms with Crippen molar-refractivity contribution in [2.75, 3.05) is 25.0 Å². The molecule has 0 saturated carbocycles. The Morgan fingerprint density at radius 1 is 1.00 bits per heavy atom. The summed E-state index contributed by atoms with van der Waals surface area (Å²) in [5.41, 5.74) is 3.78. The molecule has 102 valence electrons. The predicted octanol–water partition coefficient (Wildman–Crippen LogP) is 2.64. The summed E-state index contributed by atoms with van der Waals surface area (Å²) in [5, 5.41) is 0. The van der Waals surface area contributed by atoms with Crippen LogP contribution in [0, 0.1) is 0 Å². The highest BCUT2D eigenvalue weighted by molar-refractivity contribution is 5.66. The predicted molar refractivity (Wildman–Crippen MR) is 81.8 cm³/mol. The van der Waals surface area contributed by atoms with Crippen molar-refractivity contribution < 1.29 is 0 Å². The molecule has 0 N–H and O–H groups in total. The Bertz CT molecular complexity index is 591. The van der Waals surface area contributed by atoms with E-state index < -0.39 is 0 Å². The highest BCUT2D eigenvalue weighted by atomic mass is 15.3. The van der Waals surface area contributed by atoms with Crippen molar-refractivity contribution >= 4 is 5.69 Å². The second-order valence-corrected chi connectivity index (χ2v) is 5.92. The molecule has 3 heteroatoms. The van der Waals surface area contributed by atoms with Gasteiger partial charge in [0.25, 0.3) is 0 Å². The van der Waals surface area contributed by atoms with Crippen molar-refractivity contribution in [3.8, 4) is 11.1 Å². The van der Waals surface area contributed by atoms with Gasteiger partial charge in [-0.25, -0.2) is 0 Å². The molecule has 2 aromatic rings. The Hall–Kier alpha value is -1.87. The van der Waals surface area contributed by atoms with Crippen LogP contribution < -0.4 is 4.90 Å². The van der Waals surface area contributed by atoms with Crippen LogP contribution in [-0.2, 0) is 0 Å². The number of likely N-dealkylation sites (N-methyl/N-ethyl adjacent to an activating group) is 1. The van der Waals surface area contributed by atoms with Crippen LogP contribution in [0.15, 0.2) is 48.8 Å². The number of aromatic nitrogens is 1. The first-order valence-electron chi connectivity index (χ1n) is 7.28. The molecule has 2 atom stereocenters. The summed E-state index contributed by atoms with van der Waals surface area (Å²) in [6.07, 6.45) is 5.05. The third-order valence-corrected chi connectivity index (χ3v) is 4.71. The van der Waals surface area contributed by atoms with Gasteiger partial charge in [-0.2, -0.15) is 0 Å². The number of hydrogen-bond donors (Lipinski definition) is 0. The van der Waals surface area contributed by atoms with Crippen LogP contribution in [0.25, 0.3) is 11.1 Å². The van der Waals surface area contributed by atoms with Gasteiger partial charge in [0.05, 0.1) is 0 Å². The molecule has 1 aromatic heterocycles. The molecule has 1 aromatic carbocycles. The molecule has 2 aliphatic rings. The van der Waals surface area contributed by atoms with Crippen molar-refractivity contribution in [3.63, 3.8) is 0 Å². The van der Waals surface area contributed by atoms with Crippen molar-refractivity contribution in [2.45, 2.75) is 18.5 Å². The van der Waals surface area contributed by atoms with Crippen LogP contribution in [0.5, 0.6) is 0 Å². The average molecular weight is 265 g/mol. The Balaban J connectivity index is 1.57. The van der Waals surface area contributed by atoms with Crippen LogP contribution in [0.3, 0.4) is 0 Å². The third kappa shape index (κ3) is 1.90. The summed E-state index contributed by atoms with van der Waals surface area (Å²) < 4.78 is 0. The Morgan fingerprint density at radius 3 is 2.45 bits per heavy atom. The molecule has 2 aliphatic heterocycles. The number of piperazine rings is 1. The average Bonchev–Trinajstić information content (AvgIpc) is 3.07. The Labute approximate surface area is 119 Å². The third-order valence-electron chi connectivity index (χ3n) is 4.71. The maximum Gasteiger partial charge on any atom is 0.0433 e. The zero-order valence-corrected chi connectivity index (χ0v) is 11.7. The van der Waals surface area contributed by atoms with Gasteiger partial charge in [-0.1, -0.05) is 18.2 Å². The maximum atomic E-state index is 4.18. The van der Waals surface area contributed by atoms with E-state index in [9.17, 15) is 0 Å². The van der Waals surface area contributed by atoms with Crippen molar-refractivity contribution in [2.24, 2.45) is 0 Å². The van der Waals surface area contributed by atoms with Crippen LogP contribution in [0.4, 0.5) is 5.69 Å². The Kier molecular flexibility index (Phi) is 2.74. The first-order valence-corrected chi connectivity index (χ1v) is 7.28. The number of rotatable bonds is 2. The highest BCUT2D eigenvalue weighted by Crippen LogP contribution is 2.34. The van der Waals surface area contributed by atoms with E-state index in [1.165, 1.54) is 36.3 Å². The summed E-state index contributed by atoms with van der Waals surface area (Å²) in [7, 11) is 2.24. The lowest BCUT2D eigenvalue weighted by molar-refractivity contribution is 0.292. The van der Waals surface area contributed by atoms with Crippen LogP contribution >= 0.6 is 0 Å². The molecule has 4 rings (SSSR count). The number of pyridine rings is 1. The van der Waals surface area contributed by atoms with Gasteiger partial charge in [-0.3, -0.25) is 9.88 Å². The van der Waals surface area contributed by atoms with E-state index in [-0.39, 0.29) is 0 Å². The molecule has 2 bridgehead atoms. The number of likely N-dealkylation sites (tertiary alicyclic amines) is 1. The summed E-state index contributed by atoms with van der Waals surface area (Å²) in [6.45, 7) is 2.38. The first-order chi connectivity index (χ1) is 9.81. The summed E-state index contributed by atoms with van der Waals surface area (Å²) in [6, 6.07) is 14.5. The summed E-state index contributed by atoms with van der Waals surface area (Å²) in [4.78, 5) is 9.24. The van der Waals surface area contributed by atoms with Crippen LogP contribution in [0.2, 0.25) is 0 Å². The van der Waals surface area contributed by atoms with Gasteiger partial charge in [-0.15, -0.1) is 0 Å². The molecule has 0 aliphatic carbocycles. The van der Waals surface area contributed by atoms with Gasteiger partial charge in [0.2, 0.25) is 0 Å². The SMILES string of the molecule is CN1C[C@@H]2C[C@H]1CN2c1ccc(-c2cccnc2)cc1. The van der Waals surface area contributed by atoms with Gasteiger partial charge in [0.1, 0.15) is 0 Å². The Morgan fingerprint density at radius 2 is 1.85 bits per heavy atom. The molecule has 3 nitrogen and oxygen atoms in total. The van der Waals surface area contributed by atoms with Gasteiger partial charge in [0, 0.05) is 43.3 Å². The van der Waals surface area contributed by atoms with E-state index in [4.69, 9.17) is 0 Å². The minimum Gasteiger partial charge on any atom is -0.366 e. The highest BCUT2D eigenvalue weighted by Gasteiger charge is 2.41. The zero-order chi connectivity index (χ0) is 13.5. The fourth-order valence-corrected chi connectivity index (χ4v) is 3.56. The smallest absolute Gasteiger partial charge is 0.0433 e. The van der Waals surface area contributed by atoms with Crippen molar-refractivity contribution in [1.82, 2.24) is 9.88 Å². The minimum absolute atomic E-state index is 0.703. The normalized spacial score (nSPS) is 25.4. The molecule has 0 amide bonds. The van der Waals surface area contributed by atoms with E-state index >= 15 is 0 Å². The lowest BCUT2D eigenvalue weighted by Crippen LogP contribution is -2.44. The topological polar surface area (TPSA) is 19.4 Å². The fraction of sp³-hybridized carbons (Fsp3) is 0.353. The molecule has 20 heavy (non-hydrogen) atoms. The van der Waals surface area contributed by atoms with Gasteiger partial charge in [0.15, 0.2) is 0 Å². The van der Waals surface area contributed by atoms with E-state index in [0.29, 0.717) is 6.04 Å².